The Hall–Kier alpha value is -4.14. The number of aryl methyl sites for hydroxylation is 1. The predicted molar refractivity (Wildman–Crippen MR) is 119 cm³/mol. The number of amides is 2. The summed E-state index contributed by atoms with van der Waals surface area (Å²) in [6.07, 6.45) is 0. The Morgan fingerprint density at radius 3 is 2.44 bits per heavy atom. The summed E-state index contributed by atoms with van der Waals surface area (Å²) in [6, 6.07) is 11.8. The van der Waals surface area contributed by atoms with Crippen molar-refractivity contribution in [1.82, 2.24) is 4.98 Å². The second kappa shape index (κ2) is 9.78. The lowest BCUT2D eigenvalue weighted by Crippen LogP contribution is -2.22. The minimum Gasteiger partial charge on any atom is -0.497 e. The van der Waals surface area contributed by atoms with Gasteiger partial charge in [-0.1, -0.05) is 0 Å². The molecule has 3 rings (SSSR count). The standard InChI is InChI=1S/C23H23N3O6/c1-13-18(9-15-5-7-17(30-3)11-19(15)24-13)23(29)32-12-22(28)26-20-10-16(25-14(2)27)6-8-21(20)31-4/h5-11H,12H2,1-4H3,(H,25,27)(H,26,28). The molecule has 0 atom stereocenters. The van der Waals surface area contributed by atoms with E-state index in [1.54, 1.807) is 56.5 Å². The smallest absolute Gasteiger partial charge is 0.340 e. The molecular formula is C23H23N3O6. The van der Waals surface area contributed by atoms with E-state index in [1.807, 2.05) is 0 Å². The number of methoxy groups -OCH3 is 2. The summed E-state index contributed by atoms with van der Waals surface area (Å²) in [5, 5.41) is 5.98. The molecule has 9 heteroatoms. The fourth-order valence-corrected chi connectivity index (χ4v) is 3.06. The number of hydrogen-bond donors (Lipinski definition) is 2. The number of nitrogens with one attached hydrogen (secondary N) is 2. The molecule has 1 heterocycles. The fourth-order valence-electron chi connectivity index (χ4n) is 3.06. The van der Waals surface area contributed by atoms with Crippen LogP contribution in [0.15, 0.2) is 42.5 Å². The van der Waals surface area contributed by atoms with E-state index in [9.17, 15) is 14.4 Å². The van der Waals surface area contributed by atoms with E-state index in [1.165, 1.54) is 14.0 Å². The van der Waals surface area contributed by atoms with E-state index in [0.717, 1.165) is 5.39 Å². The highest BCUT2D eigenvalue weighted by atomic mass is 16.5. The third kappa shape index (κ3) is 5.31. The number of benzene rings is 2. The number of rotatable bonds is 7. The summed E-state index contributed by atoms with van der Waals surface area (Å²) in [7, 11) is 3.02. The van der Waals surface area contributed by atoms with Crippen molar-refractivity contribution in [3.05, 3.63) is 53.7 Å². The maximum absolute atomic E-state index is 12.5. The minimum absolute atomic E-state index is 0.251. The second-order valence-electron chi connectivity index (χ2n) is 6.90. The number of hydrogen-bond acceptors (Lipinski definition) is 7. The van der Waals surface area contributed by atoms with E-state index in [-0.39, 0.29) is 11.5 Å². The summed E-state index contributed by atoms with van der Waals surface area (Å²) >= 11 is 0. The third-order valence-electron chi connectivity index (χ3n) is 4.56. The van der Waals surface area contributed by atoms with E-state index >= 15 is 0 Å². The minimum atomic E-state index is -0.665. The number of aromatic nitrogens is 1. The van der Waals surface area contributed by atoms with Gasteiger partial charge in [0.2, 0.25) is 5.91 Å². The van der Waals surface area contributed by atoms with E-state index < -0.39 is 18.5 Å². The Morgan fingerprint density at radius 2 is 1.75 bits per heavy atom. The van der Waals surface area contributed by atoms with Crippen molar-refractivity contribution in [1.29, 1.82) is 0 Å². The molecule has 0 spiro atoms. The first kappa shape index (κ1) is 22.5. The maximum Gasteiger partial charge on any atom is 0.340 e. The van der Waals surface area contributed by atoms with Crippen molar-refractivity contribution in [3.8, 4) is 11.5 Å². The SMILES string of the molecule is COc1ccc2cc(C(=O)OCC(=O)Nc3cc(NC(C)=O)ccc3OC)c(C)nc2c1. The van der Waals surface area contributed by atoms with Crippen molar-refractivity contribution in [2.75, 3.05) is 31.5 Å². The lowest BCUT2D eigenvalue weighted by molar-refractivity contribution is -0.119. The Bertz CT molecular complexity index is 1190. The van der Waals surface area contributed by atoms with Crippen LogP contribution >= 0.6 is 0 Å². The van der Waals surface area contributed by atoms with Gasteiger partial charge in [-0.2, -0.15) is 0 Å². The van der Waals surface area contributed by atoms with Crippen molar-refractivity contribution < 1.29 is 28.6 Å². The highest BCUT2D eigenvalue weighted by Gasteiger charge is 2.16. The summed E-state index contributed by atoms with van der Waals surface area (Å²) in [4.78, 5) is 40.6. The van der Waals surface area contributed by atoms with E-state index in [2.05, 4.69) is 15.6 Å². The number of carbonyl (C=O) groups is 3. The molecule has 0 saturated carbocycles. The van der Waals surface area contributed by atoms with Gasteiger partial charge in [0, 0.05) is 24.1 Å². The zero-order valence-corrected chi connectivity index (χ0v) is 18.1. The zero-order valence-electron chi connectivity index (χ0n) is 18.1. The van der Waals surface area contributed by atoms with Gasteiger partial charge in [0.15, 0.2) is 6.61 Å². The quantitative estimate of drug-likeness (QED) is 0.545. The molecule has 0 fully saturated rings. The van der Waals surface area contributed by atoms with Gasteiger partial charge < -0.3 is 24.8 Å². The van der Waals surface area contributed by atoms with Gasteiger partial charge in [-0.05, 0) is 43.3 Å². The van der Waals surface area contributed by atoms with Gasteiger partial charge in [-0.25, -0.2) is 4.79 Å². The molecule has 32 heavy (non-hydrogen) atoms. The number of pyridine rings is 1. The molecule has 0 unspecified atom stereocenters. The number of carbonyl (C=O) groups excluding carboxylic acids is 3. The third-order valence-corrected chi connectivity index (χ3v) is 4.56. The van der Waals surface area contributed by atoms with Crippen LogP contribution in [-0.4, -0.2) is 43.6 Å². The number of nitrogens with zero attached hydrogens (tertiary/aromatic N) is 1. The molecule has 9 nitrogen and oxygen atoms in total. The average molecular weight is 437 g/mol. The van der Waals surface area contributed by atoms with Gasteiger partial charge >= 0.3 is 5.97 Å². The predicted octanol–water partition coefficient (Wildman–Crippen LogP) is 3.31. The van der Waals surface area contributed by atoms with Crippen LogP contribution in [0.4, 0.5) is 11.4 Å². The van der Waals surface area contributed by atoms with Crippen LogP contribution < -0.4 is 20.1 Å². The summed E-state index contributed by atoms with van der Waals surface area (Å²) in [5.41, 5.74) is 2.24. The van der Waals surface area contributed by atoms with Crippen LogP contribution in [0.1, 0.15) is 23.0 Å². The number of ether oxygens (including phenoxy) is 3. The largest absolute Gasteiger partial charge is 0.497 e. The summed E-state index contributed by atoms with van der Waals surface area (Å²) in [5.74, 6) is -0.424. The van der Waals surface area contributed by atoms with Gasteiger partial charge in [0.25, 0.3) is 5.91 Å². The second-order valence-corrected chi connectivity index (χ2v) is 6.90. The lowest BCUT2D eigenvalue weighted by atomic mass is 10.1. The van der Waals surface area contributed by atoms with Gasteiger partial charge in [0.05, 0.1) is 36.7 Å². The maximum atomic E-state index is 12.5. The van der Waals surface area contributed by atoms with Crippen LogP contribution in [0.5, 0.6) is 11.5 Å². The summed E-state index contributed by atoms with van der Waals surface area (Å²) < 4.78 is 15.6. The van der Waals surface area contributed by atoms with Crippen LogP contribution in [-0.2, 0) is 14.3 Å². The number of anilines is 2. The van der Waals surface area contributed by atoms with Crippen LogP contribution in [0, 0.1) is 6.92 Å². The zero-order chi connectivity index (χ0) is 23.3. The molecular weight excluding hydrogens is 414 g/mol. The Kier molecular flexibility index (Phi) is 6.89. The molecule has 1 aromatic heterocycles. The molecule has 2 N–H and O–H groups in total. The van der Waals surface area contributed by atoms with Crippen molar-refractivity contribution >= 4 is 40.1 Å². The van der Waals surface area contributed by atoms with E-state index in [4.69, 9.17) is 14.2 Å². The molecule has 0 saturated heterocycles. The highest BCUT2D eigenvalue weighted by molar-refractivity contribution is 5.99. The molecule has 0 aliphatic carbocycles. The topological polar surface area (TPSA) is 116 Å². The van der Waals surface area contributed by atoms with Crippen molar-refractivity contribution in [3.63, 3.8) is 0 Å². The molecule has 3 aromatic rings. The molecule has 166 valence electrons. The molecule has 0 aliphatic rings. The van der Waals surface area contributed by atoms with Gasteiger partial charge in [-0.15, -0.1) is 0 Å². The van der Waals surface area contributed by atoms with Crippen LogP contribution in [0.3, 0.4) is 0 Å². The molecule has 2 amide bonds. The number of fused-ring (bicyclic) bond motifs is 1. The van der Waals surface area contributed by atoms with Gasteiger partial charge in [0.1, 0.15) is 11.5 Å². The highest BCUT2D eigenvalue weighted by Crippen LogP contribution is 2.28. The molecule has 2 aromatic carbocycles. The van der Waals surface area contributed by atoms with Crippen molar-refractivity contribution in [2.45, 2.75) is 13.8 Å². The number of esters is 1. The Labute approximate surface area is 184 Å². The lowest BCUT2D eigenvalue weighted by Gasteiger charge is -2.13. The van der Waals surface area contributed by atoms with E-state index in [0.29, 0.717) is 34.1 Å². The average Bonchev–Trinajstić information content (AvgIpc) is 2.76. The first-order valence-electron chi connectivity index (χ1n) is 9.68. The fraction of sp³-hybridized carbons (Fsp3) is 0.217. The van der Waals surface area contributed by atoms with Crippen LogP contribution in [0.25, 0.3) is 10.9 Å². The molecule has 0 bridgehead atoms. The molecule has 0 radical (unpaired) electrons. The first-order chi connectivity index (χ1) is 15.3. The Morgan fingerprint density at radius 1 is 0.969 bits per heavy atom. The summed E-state index contributed by atoms with van der Waals surface area (Å²) in [6.45, 7) is 2.56. The normalized spacial score (nSPS) is 10.4. The monoisotopic (exact) mass is 437 g/mol. The first-order valence-corrected chi connectivity index (χ1v) is 9.68. The molecule has 0 aliphatic heterocycles. The Balaban J connectivity index is 1.69. The van der Waals surface area contributed by atoms with Crippen LogP contribution in [0.2, 0.25) is 0 Å². The van der Waals surface area contributed by atoms with Crippen molar-refractivity contribution in [2.24, 2.45) is 0 Å². The van der Waals surface area contributed by atoms with Gasteiger partial charge in [-0.3, -0.25) is 14.6 Å².